The van der Waals surface area contributed by atoms with Gasteiger partial charge in [0.25, 0.3) is 0 Å². The van der Waals surface area contributed by atoms with Crippen LogP contribution in [0.4, 0.5) is 0 Å². The third-order valence-electron chi connectivity index (χ3n) is 16.5. The zero-order chi connectivity index (χ0) is 47.7. The van der Waals surface area contributed by atoms with Gasteiger partial charge < -0.3 is 29.7 Å². The van der Waals surface area contributed by atoms with Crippen molar-refractivity contribution in [1.29, 1.82) is 0 Å². The molecule has 9 nitrogen and oxygen atoms in total. The number of aromatic nitrogens is 1. The molecule has 356 valence electrons. The molecule has 0 amide bonds. The summed E-state index contributed by atoms with van der Waals surface area (Å²) in [5, 5.41) is 46.1. The van der Waals surface area contributed by atoms with Crippen LogP contribution in [-0.4, -0.2) is 49.7 Å². The summed E-state index contributed by atoms with van der Waals surface area (Å²) in [7, 11) is 0. The maximum Gasteiger partial charge on any atom is 0.335 e. The number of aliphatic carboxylic acids is 1. The molecule has 4 N–H and O–H groups in total. The summed E-state index contributed by atoms with van der Waals surface area (Å²) < 4.78 is 11.7. The van der Waals surface area contributed by atoms with Crippen LogP contribution >= 0.6 is 34.8 Å². The Labute approximate surface area is 404 Å². The van der Waals surface area contributed by atoms with E-state index in [1.165, 1.54) is 25.7 Å². The number of carbonyl (C=O) groups is 2. The first-order valence-corrected chi connectivity index (χ1v) is 25.0. The van der Waals surface area contributed by atoms with Gasteiger partial charge in [-0.2, -0.15) is 0 Å². The second kappa shape index (κ2) is 20.8. The third-order valence-corrected chi connectivity index (χ3v) is 17.4. The lowest BCUT2D eigenvalue weighted by Gasteiger charge is -2.64. The highest BCUT2D eigenvalue weighted by molar-refractivity contribution is 6.39. The van der Waals surface area contributed by atoms with E-state index in [4.69, 9.17) is 54.3 Å². The summed E-state index contributed by atoms with van der Waals surface area (Å²) in [5.74, 6) is 2.93. The summed E-state index contributed by atoms with van der Waals surface area (Å²) in [5.41, 5.74) is 4.13. The van der Waals surface area contributed by atoms with Crippen molar-refractivity contribution in [2.75, 3.05) is 0 Å². The Morgan fingerprint density at radius 3 is 2.23 bits per heavy atom. The molecule has 3 aromatic carbocycles. The summed E-state index contributed by atoms with van der Waals surface area (Å²) in [6.07, 6.45) is 12.9. The first-order chi connectivity index (χ1) is 31.4. The van der Waals surface area contributed by atoms with E-state index < -0.39 is 11.9 Å². The number of nitrogens with zero attached hydrogens (tertiary/aromatic N) is 1. The number of benzene rings is 3. The molecule has 0 spiro atoms. The second-order valence-corrected chi connectivity index (χ2v) is 21.6. The minimum absolute atomic E-state index is 0.0712. The maximum absolute atomic E-state index is 11.7. The van der Waals surface area contributed by atoms with E-state index in [0.29, 0.717) is 79.3 Å². The van der Waals surface area contributed by atoms with E-state index in [9.17, 15) is 19.8 Å². The molecule has 1 heterocycles. The van der Waals surface area contributed by atoms with Crippen LogP contribution in [-0.2, 0) is 11.4 Å². The number of aromatic carboxylic acids is 1. The zero-order valence-corrected chi connectivity index (χ0v) is 41.3. The Morgan fingerprint density at radius 2 is 1.56 bits per heavy atom. The van der Waals surface area contributed by atoms with Crippen molar-refractivity contribution in [2.24, 2.45) is 52.3 Å². The predicted molar refractivity (Wildman–Crippen MR) is 262 cm³/mol. The molecule has 0 bridgehead atoms. The number of carboxylic acids is 2. The van der Waals surface area contributed by atoms with Crippen LogP contribution < -0.4 is 4.74 Å². The molecule has 4 aromatic rings. The predicted octanol–water partition coefficient (Wildman–Crippen LogP) is 14.0. The average molecular weight is 963 g/mol. The highest BCUT2D eigenvalue weighted by Crippen LogP contribution is 2.69. The van der Waals surface area contributed by atoms with Crippen molar-refractivity contribution in [3.05, 3.63) is 104 Å². The van der Waals surface area contributed by atoms with Gasteiger partial charge >= 0.3 is 11.9 Å². The summed E-state index contributed by atoms with van der Waals surface area (Å²) in [4.78, 5) is 22.3. The molecule has 8 rings (SSSR count). The molecular weight excluding hydrogens is 897 g/mol. The first-order valence-electron chi connectivity index (χ1n) is 23.8. The monoisotopic (exact) mass is 961 g/mol. The normalized spacial score (nSPS) is 29.6. The van der Waals surface area contributed by atoms with Crippen molar-refractivity contribution < 1.29 is 39.3 Å². The van der Waals surface area contributed by atoms with E-state index in [0.717, 1.165) is 48.8 Å². The van der Waals surface area contributed by atoms with Gasteiger partial charge in [-0.05, 0) is 157 Å². The number of hydrogen-bond acceptors (Lipinski definition) is 7. The van der Waals surface area contributed by atoms with Crippen molar-refractivity contribution in [2.45, 2.75) is 130 Å². The summed E-state index contributed by atoms with van der Waals surface area (Å²) in [6.45, 7) is 13.6. The molecule has 0 aliphatic heterocycles. The summed E-state index contributed by atoms with van der Waals surface area (Å²) >= 11 is 19.3. The molecule has 11 atom stereocenters. The van der Waals surface area contributed by atoms with Crippen LogP contribution in [0.25, 0.3) is 23.4 Å². The molecule has 66 heavy (non-hydrogen) atoms. The molecule has 4 fully saturated rings. The van der Waals surface area contributed by atoms with Gasteiger partial charge in [0, 0.05) is 17.9 Å². The van der Waals surface area contributed by atoms with Gasteiger partial charge in [0.15, 0.2) is 0 Å². The highest BCUT2D eigenvalue weighted by atomic mass is 35.5. The van der Waals surface area contributed by atoms with Gasteiger partial charge in [-0.3, -0.25) is 4.79 Å². The van der Waals surface area contributed by atoms with Crippen molar-refractivity contribution in [3.8, 4) is 17.0 Å². The van der Waals surface area contributed by atoms with E-state index in [1.54, 1.807) is 48.5 Å². The molecular formula is C54H66Cl3NO8. The zero-order valence-electron chi connectivity index (χ0n) is 39.0. The van der Waals surface area contributed by atoms with Crippen LogP contribution in [0.15, 0.2) is 65.2 Å². The van der Waals surface area contributed by atoms with Gasteiger partial charge in [0.2, 0.25) is 0 Å². The lowest BCUT2D eigenvalue weighted by atomic mass is 9.41. The minimum Gasteiger partial charge on any atom is -0.489 e. The molecule has 4 aliphatic carbocycles. The van der Waals surface area contributed by atoms with E-state index >= 15 is 0 Å². The number of aliphatic hydroxyl groups excluding tert-OH is 2. The Bertz CT molecular complexity index is 2380. The lowest BCUT2D eigenvalue weighted by Crippen LogP contribution is -2.62. The highest BCUT2D eigenvalue weighted by Gasteiger charge is 2.64. The Balaban J connectivity index is 0.000000199. The lowest BCUT2D eigenvalue weighted by molar-refractivity contribution is -0.203. The smallest absolute Gasteiger partial charge is 0.335 e. The number of carboxylic acid groups (broad SMARTS) is 2. The number of fused-ring (bicyclic) bond motifs is 5. The van der Waals surface area contributed by atoms with Crippen molar-refractivity contribution in [3.63, 3.8) is 0 Å². The fourth-order valence-corrected chi connectivity index (χ4v) is 14.0. The van der Waals surface area contributed by atoms with Crippen LogP contribution in [0.5, 0.6) is 5.75 Å². The number of aliphatic hydroxyl groups is 2. The minimum atomic E-state index is -0.974. The standard InChI is InChI=1S/C28H22Cl3NO4.C26H44O4/c1-16(2)27-21(26(32-36-27)25-22(29)7-4-8-23(25)30)15-35-20-12-11-18(24(31)14-20)10-9-17-5-3-6-19(13-17)28(33)34;1-5-17-21-14-16(27)10-12-26(21,4)20-11-13-25(3)18(15(2)6-9-22(28)29)7-8-19(25)23(20)24(17)30/h3-14,16H,15H2,1-2H3,(H,33,34);15-21,23-24,27,30H,5-14H2,1-4H3,(H,28,29)/b10-9+;/t;15-,16-,17-,18-,19+,20+,21+,23+,24-,25-,26-/m.1/s1. The van der Waals surface area contributed by atoms with Crippen LogP contribution in [0.1, 0.15) is 144 Å². The molecule has 1 aromatic heterocycles. The fraction of sp³-hybridized carbons (Fsp3) is 0.537. The number of hydrogen-bond donors (Lipinski definition) is 4. The Hall–Kier alpha value is -3.86. The number of halogens is 3. The molecule has 0 radical (unpaired) electrons. The van der Waals surface area contributed by atoms with Crippen LogP contribution in [0.3, 0.4) is 0 Å². The molecule has 4 saturated carbocycles. The molecule has 0 unspecified atom stereocenters. The van der Waals surface area contributed by atoms with Crippen LogP contribution in [0, 0.1) is 52.3 Å². The molecule has 0 saturated heterocycles. The number of ether oxygens (including phenoxy) is 1. The average Bonchev–Trinajstić information content (AvgIpc) is 3.86. The van der Waals surface area contributed by atoms with Gasteiger partial charge in [0.1, 0.15) is 23.8 Å². The topological polar surface area (TPSA) is 150 Å². The molecule has 4 aliphatic rings. The van der Waals surface area contributed by atoms with Gasteiger partial charge in [-0.15, -0.1) is 0 Å². The maximum atomic E-state index is 11.7. The van der Waals surface area contributed by atoms with Gasteiger partial charge in [-0.1, -0.05) is 118 Å². The second-order valence-electron chi connectivity index (χ2n) is 20.4. The van der Waals surface area contributed by atoms with E-state index in [-0.39, 0.29) is 47.5 Å². The Morgan fingerprint density at radius 1 is 0.864 bits per heavy atom. The van der Waals surface area contributed by atoms with Crippen molar-refractivity contribution in [1.82, 2.24) is 5.16 Å². The van der Waals surface area contributed by atoms with E-state index in [2.05, 4.69) is 32.9 Å². The van der Waals surface area contributed by atoms with Gasteiger partial charge in [0.05, 0.1) is 38.4 Å². The molecule has 12 heteroatoms. The number of rotatable bonds is 13. The quantitative estimate of drug-likeness (QED) is 0.0960. The fourth-order valence-electron chi connectivity index (χ4n) is 13.2. The third kappa shape index (κ3) is 10.1. The summed E-state index contributed by atoms with van der Waals surface area (Å²) in [6, 6.07) is 17.3. The largest absolute Gasteiger partial charge is 0.489 e. The Kier molecular flexibility index (Phi) is 15.8. The van der Waals surface area contributed by atoms with Gasteiger partial charge in [-0.25, -0.2) is 4.79 Å². The first kappa shape index (κ1) is 50.0. The van der Waals surface area contributed by atoms with Crippen molar-refractivity contribution >= 4 is 58.9 Å². The SMILES string of the molecule is CC(C)c1onc(-c2c(Cl)cccc2Cl)c1COc1ccc(/C=C/c2cccc(C(=O)O)c2)c(Cl)c1.CC[C@H]1[C@@H](O)[C@@H]2[C@H](CC[C@]3(C)[C@@H]([C@H](C)CCC(=O)O)CC[C@@H]23)[C@@]2(C)CC[C@@H](O)C[C@@H]12. The van der Waals surface area contributed by atoms with Crippen LogP contribution in [0.2, 0.25) is 15.1 Å². The van der Waals surface area contributed by atoms with E-state index in [1.807, 2.05) is 38.1 Å².